The van der Waals surface area contributed by atoms with Crippen LogP contribution in [0.1, 0.15) is 36.2 Å². The first kappa shape index (κ1) is 27.1. The molecule has 0 N–H and O–H groups in total. The number of hydrogen-bond acceptors (Lipinski definition) is 6. The van der Waals surface area contributed by atoms with Crippen molar-refractivity contribution in [2.24, 2.45) is 27.5 Å². The van der Waals surface area contributed by atoms with E-state index < -0.39 is 5.83 Å². The fourth-order valence-corrected chi connectivity index (χ4v) is 2.98. The van der Waals surface area contributed by atoms with Gasteiger partial charge in [-0.3, -0.25) is 4.68 Å². The molecule has 0 saturated heterocycles. The van der Waals surface area contributed by atoms with Crippen molar-refractivity contribution in [1.29, 1.82) is 0 Å². The number of benzene rings is 1. The van der Waals surface area contributed by atoms with Gasteiger partial charge in [0, 0.05) is 19.2 Å². The number of ether oxygens (including phenoxy) is 2. The summed E-state index contributed by atoms with van der Waals surface area (Å²) in [5.74, 6) is 0.450. The highest BCUT2D eigenvalue weighted by molar-refractivity contribution is 5.98. The second-order valence-electron chi connectivity index (χ2n) is 7.52. The molecule has 0 bridgehead atoms. The number of aryl methyl sites for hydroxylation is 1. The second kappa shape index (κ2) is 13.5. The monoisotopic (exact) mass is 478 g/mol. The van der Waals surface area contributed by atoms with Gasteiger partial charge in [-0.1, -0.05) is 42.6 Å². The first-order valence-corrected chi connectivity index (χ1v) is 10.8. The van der Waals surface area contributed by atoms with E-state index >= 15 is 0 Å². The third-order valence-electron chi connectivity index (χ3n) is 4.88. The van der Waals surface area contributed by atoms with Crippen LogP contribution in [0.4, 0.5) is 4.39 Å². The minimum absolute atomic E-state index is 0.194. The molecule has 0 spiro atoms. The summed E-state index contributed by atoms with van der Waals surface area (Å²) >= 11 is 0. The van der Waals surface area contributed by atoms with Gasteiger partial charge in [-0.05, 0) is 43.2 Å². The SMILES string of the molecule is C=C/C(F)=C\C=C(/C)OCc1c(C(=NC(=C)c2ccc(C/C(C)=N/N=NC)cc2)OC)cnn1C. The van der Waals surface area contributed by atoms with Crippen LogP contribution in [-0.4, -0.2) is 35.5 Å². The van der Waals surface area contributed by atoms with Gasteiger partial charge in [-0.25, -0.2) is 9.38 Å². The van der Waals surface area contributed by atoms with Crippen LogP contribution >= 0.6 is 0 Å². The fourth-order valence-electron chi connectivity index (χ4n) is 2.98. The third-order valence-corrected chi connectivity index (χ3v) is 4.88. The lowest BCUT2D eigenvalue weighted by Gasteiger charge is -2.11. The van der Waals surface area contributed by atoms with Gasteiger partial charge in [0.15, 0.2) is 0 Å². The lowest BCUT2D eigenvalue weighted by Crippen LogP contribution is -2.10. The Morgan fingerprint density at radius 3 is 2.54 bits per heavy atom. The first-order chi connectivity index (χ1) is 16.8. The molecule has 0 fully saturated rings. The molecule has 184 valence electrons. The maximum absolute atomic E-state index is 13.2. The number of methoxy groups -OCH3 is 1. The minimum Gasteiger partial charge on any atom is -0.492 e. The summed E-state index contributed by atoms with van der Waals surface area (Å²) < 4.78 is 26.2. The summed E-state index contributed by atoms with van der Waals surface area (Å²) in [6.45, 7) is 11.3. The zero-order valence-corrected chi connectivity index (χ0v) is 20.8. The maximum atomic E-state index is 13.2. The zero-order chi connectivity index (χ0) is 25.8. The van der Waals surface area contributed by atoms with E-state index in [1.54, 1.807) is 31.9 Å². The highest BCUT2D eigenvalue weighted by atomic mass is 19.1. The molecule has 0 atom stereocenters. The molecule has 0 aliphatic heterocycles. The predicted molar refractivity (Wildman–Crippen MR) is 138 cm³/mol. The van der Waals surface area contributed by atoms with Crippen molar-refractivity contribution in [1.82, 2.24) is 9.78 Å². The van der Waals surface area contributed by atoms with Crippen molar-refractivity contribution in [3.63, 3.8) is 0 Å². The van der Waals surface area contributed by atoms with E-state index in [4.69, 9.17) is 9.47 Å². The van der Waals surface area contributed by atoms with Crippen LogP contribution < -0.4 is 0 Å². The molecule has 8 nitrogen and oxygen atoms in total. The normalized spacial score (nSPS) is 13.3. The number of nitrogens with zero attached hydrogens (tertiary/aromatic N) is 6. The summed E-state index contributed by atoms with van der Waals surface area (Å²) in [6, 6.07) is 7.88. The van der Waals surface area contributed by atoms with Gasteiger partial charge in [0.1, 0.15) is 12.4 Å². The second-order valence-corrected chi connectivity index (χ2v) is 7.52. The Bertz CT molecular complexity index is 1190. The Labute approximate surface area is 205 Å². The molecule has 2 rings (SSSR count). The van der Waals surface area contributed by atoms with Crippen LogP contribution in [0.25, 0.3) is 5.70 Å². The molecule has 0 saturated carbocycles. The van der Waals surface area contributed by atoms with Gasteiger partial charge >= 0.3 is 0 Å². The molecule has 0 aliphatic carbocycles. The Morgan fingerprint density at radius 1 is 1.20 bits per heavy atom. The highest BCUT2D eigenvalue weighted by Gasteiger charge is 2.16. The number of allylic oxidation sites excluding steroid dienone is 5. The van der Waals surface area contributed by atoms with Crippen molar-refractivity contribution >= 4 is 17.3 Å². The van der Waals surface area contributed by atoms with E-state index in [1.165, 1.54) is 19.3 Å². The number of hydrogen-bond donors (Lipinski definition) is 0. The lowest BCUT2D eigenvalue weighted by molar-refractivity contribution is 0.193. The average molecular weight is 479 g/mol. The molecule has 0 amide bonds. The molecule has 1 aromatic heterocycles. The lowest BCUT2D eigenvalue weighted by atomic mass is 10.1. The van der Waals surface area contributed by atoms with Crippen LogP contribution in [0, 0.1) is 0 Å². The number of aromatic nitrogens is 2. The molecule has 2 aromatic rings. The molecule has 9 heteroatoms. The topological polar surface area (TPSA) is 85.7 Å². The molecule has 35 heavy (non-hydrogen) atoms. The zero-order valence-electron chi connectivity index (χ0n) is 20.8. The van der Waals surface area contributed by atoms with E-state index in [1.807, 2.05) is 31.2 Å². The summed E-state index contributed by atoms with van der Waals surface area (Å²) in [5, 5.41) is 15.6. The molecule has 1 heterocycles. The fraction of sp³-hybridized carbons (Fsp3) is 0.269. The van der Waals surface area contributed by atoms with Crippen LogP contribution in [0.2, 0.25) is 0 Å². The van der Waals surface area contributed by atoms with Crippen molar-refractivity contribution < 1.29 is 13.9 Å². The minimum atomic E-state index is -0.444. The smallest absolute Gasteiger partial charge is 0.224 e. The predicted octanol–water partition coefficient (Wildman–Crippen LogP) is 5.94. The Hall–Kier alpha value is -4.14. The van der Waals surface area contributed by atoms with Gasteiger partial charge < -0.3 is 9.47 Å². The third kappa shape index (κ3) is 8.29. The summed E-state index contributed by atoms with van der Waals surface area (Å²) in [5.41, 5.74) is 4.75. The molecule has 1 aromatic carbocycles. The number of rotatable bonds is 11. The van der Waals surface area contributed by atoms with Crippen LogP contribution in [0.15, 0.2) is 93.9 Å². The molecule has 0 aliphatic rings. The van der Waals surface area contributed by atoms with E-state index in [0.717, 1.165) is 28.6 Å². The molecular formula is C26H31FN6O2. The summed E-state index contributed by atoms with van der Waals surface area (Å²) in [4.78, 5) is 4.59. The van der Waals surface area contributed by atoms with E-state index in [-0.39, 0.29) is 6.61 Å². The molecule has 0 radical (unpaired) electrons. The van der Waals surface area contributed by atoms with Crippen LogP contribution in [0.3, 0.4) is 0 Å². The summed E-state index contributed by atoms with van der Waals surface area (Å²) in [7, 11) is 4.92. The largest absolute Gasteiger partial charge is 0.492 e. The highest BCUT2D eigenvalue weighted by Crippen LogP contribution is 2.19. The maximum Gasteiger partial charge on any atom is 0.224 e. The first-order valence-electron chi connectivity index (χ1n) is 10.8. The Kier molecular flexibility index (Phi) is 10.5. The standard InChI is InChI=1S/C26H31FN6O2/c1-8-23(27)14-9-19(3)35-17-25-24(16-29-33(25)6)26(34-7)30-20(4)22-12-10-21(11-13-22)15-18(2)31-32-28-5/h8-14,16H,1,4,15,17H2,2-3,5-7H3/b19-9+,23-14+,30-26?,31-18+,32-28?. The van der Waals surface area contributed by atoms with Gasteiger partial charge in [0.25, 0.3) is 0 Å². The van der Waals surface area contributed by atoms with Crippen LogP contribution in [-0.2, 0) is 29.5 Å². The van der Waals surface area contributed by atoms with Gasteiger partial charge in [0.2, 0.25) is 5.90 Å². The molecule has 0 unspecified atom stereocenters. The Balaban J connectivity index is 2.19. The average Bonchev–Trinajstić information content (AvgIpc) is 3.23. The van der Waals surface area contributed by atoms with E-state index in [9.17, 15) is 4.39 Å². The van der Waals surface area contributed by atoms with Crippen molar-refractivity contribution in [2.45, 2.75) is 26.9 Å². The number of aliphatic imine (C=N–C) groups is 1. The van der Waals surface area contributed by atoms with Crippen molar-refractivity contribution in [3.05, 3.63) is 95.8 Å². The van der Waals surface area contributed by atoms with Crippen molar-refractivity contribution in [3.8, 4) is 0 Å². The summed E-state index contributed by atoms with van der Waals surface area (Å²) in [6.07, 6.45) is 6.27. The van der Waals surface area contributed by atoms with E-state index in [0.29, 0.717) is 29.3 Å². The van der Waals surface area contributed by atoms with Crippen molar-refractivity contribution in [2.75, 3.05) is 14.2 Å². The van der Waals surface area contributed by atoms with Gasteiger partial charge in [-0.2, -0.15) is 10.2 Å². The van der Waals surface area contributed by atoms with Gasteiger partial charge in [0.05, 0.1) is 43.1 Å². The van der Waals surface area contributed by atoms with Crippen LogP contribution in [0.5, 0.6) is 0 Å². The molecular weight excluding hydrogens is 447 g/mol. The Morgan fingerprint density at radius 2 is 1.91 bits per heavy atom. The van der Waals surface area contributed by atoms with Gasteiger partial charge in [-0.15, -0.1) is 5.10 Å². The van der Waals surface area contributed by atoms with E-state index in [2.05, 4.69) is 38.7 Å². The quantitative estimate of drug-likeness (QED) is 0.0999. The number of halogens is 1.